The van der Waals surface area contributed by atoms with Gasteiger partial charge in [0.05, 0.1) is 6.20 Å². The summed E-state index contributed by atoms with van der Waals surface area (Å²) < 4.78 is 12.8. The maximum Gasteiger partial charge on any atom is 0.231 e. The zero-order valence-electron chi connectivity index (χ0n) is 14.1. The van der Waals surface area contributed by atoms with Crippen LogP contribution in [0.4, 0.5) is 5.82 Å². The lowest BCUT2D eigenvalue weighted by Gasteiger charge is -2.33. The Kier molecular flexibility index (Phi) is 3.27. The molecule has 5 rings (SSSR count). The normalized spacial score (nSPS) is 17.4. The van der Waals surface area contributed by atoms with E-state index < -0.39 is 0 Å². The third-order valence-corrected chi connectivity index (χ3v) is 4.89. The molecule has 7 nitrogen and oxygen atoms in total. The number of ether oxygens (including phenoxy) is 2. The van der Waals surface area contributed by atoms with Gasteiger partial charge in [-0.1, -0.05) is 6.07 Å². The Balaban J connectivity index is 1.56. The van der Waals surface area contributed by atoms with E-state index in [9.17, 15) is 0 Å². The SMILES string of the molecule is CN1CCN(c2ccnc3c(-c4ccc5c(c4)OCO5)cnn23)CC1. The second-order valence-electron chi connectivity index (χ2n) is 6.46. The van der Waals surface area contributed by atoms with Crippen molar-refractivity contribution < 1.29 is 9.47 Å². The molecule has 7 heteroatoms. The van der Waals surface area contributed by atoms with Crippen LogP contribution in [-0.2, 0) is 0 Å². The third-order valence-electron chi connectivity index (χ3n) is 4.89. The van der Waals surface area contributed by atoms with Crippen molar-refractivity contribution in [2.75, 3.05) is 44.9 Å². The Hall–Kier alpha value is -2.80. The lowest BCUT2D eigenvalue weighted by Crippen LogP contribution is -2.45. The van der Waals surface area contributed by atoms with Crippen LogP contribution in [0.2, 0.25) is 0 Å². The molecule has 0 atom stereocenters. The summed E-state index contributed by atoms with van der Waals surface area (Å²) in [4.78, 5) is 9.28. The first-order chi connectivity index (χ1) is 12.3. The molecule has 0 spiro atoms. The van der Waals surface area contributed by atoms with Gasteiger partial charge < -0.3 is 19.3 Å². The number of piperazine rings is 1. The van der Waals surface area contributed by atoms with Crippen molar-refractivity contribution in [1.82, 2.24) is 19.5 Å². The molecule has 2 aromatic heterocycles. The first kappa shape index (κ1) is 14.5. The Morgan fingerprint density at radius 1 is 1.00 bits per heavy atom. The fourth-order valence-corrected chi connectivity index (χ4v) is 3.42. The number of fused-ring (bicyclic) bond motifs is 2. The highest BCUT2D eigenvalue weighted by Gasteiger charge is 2.20. The van der Waals surface area contributed by atoms with Gasteiger partial charge in [0.1, 0.15) is 5.82 Å². The molecule has 0 N–H and O–H groups in total. The van der Waals surface area contributed by atoms with Gasteiger partial charge in [0.25, 0.3) is 0 Å². The summed E-state index contributed by atoms with van der Waals surface area (Å²) in [7, 11) is 2.16. The molecule has 2 aliphatic heterocycles. The molecule has 3 aromatic rings. The summed E-state index contributed by atoms with van der Waals surface area (Å²) in [6.45, 7) is 4.38. The predicted octanol–water partition coefficient (Wildman–Crippen LogP) is 1.88. The standard InChI is InChI=1S/C18H19N5O2/c1-21-6-8-22(9-7-21)17-4-5-19-18-14(11-20-23(17)18)13-2-3-15-16(10-13)25-12-24-15/h2-5,10-11H,6-9,12H2,1H3. The highest BCUT2D eigenvalue weighted by atomic mass is 16.7. The van der Waals surface area contributed by atoms with E-state index in [1.807, 2.05) is 41.2 Å². The lowest BCUT2D eigenvalue weighted by molar-refractivity contribution is 0.174. The van der Waals surface area contributed by atoms with Gasteiger partial charge in [-0.05, 0) is 30.8 Å². The van der Waals surface area contributed by atoms with Gasteiger partial charge >= 0.3 is 0 Å². The van der Waals surface area contributed by atoms with Gasteiger partial charge in [-0.25, -0.2) is 4.98 Å². The topological polar surface area (TPSA) is 55.1 Å². The van der Waals surface area contributed by atoms with Crippen LogP contribution in [0.5, 0.6) is 11.5 Å². The van der Waals surface area contributed by atoms with E-state index in [0.717, 1.165) is 60.3 Å². The molecule has 128 valence electrons. The molecule has 0 radical (unpaired) electrons. The summed E-state index contributed by atoms with van der Waals surface area (Å²) in [5, 5.41) is 4.61. The average Bonchev–Trinajstić information content (AvgIpc) is 3.28. The number of anilines is 1. The molecule has 0 aliphatic carbocycles. The number of hydrogen-bond donors (Lipinski definition) is 0. The molecule has 0 saturated carbocycles. The van der Waals surface area contributed by atoms with Crippen LogP contribution in [0.3, 0.4) is 0 Å². The van der Waals surface area contributed by atoms with Crippen molar-refractivity contribution in [2.45, 2.75) is 0 Å². The van der Waals surface area contributed by atoms with Crippen molar-refractivity contribution in [3.05, 3.63) is 36.7 Å². The van der Waals surface area contributed by atoms with Crippen molar-refractivity contribution in [1.29, 1.82) is 0 Å². The molecular formula is C18H19N5O2. The minimum absolute atomic E-state index is 0.277. The van der Waals surface area contributed by atoms with Crippen LogP contribution in [0, 0.1) is 0 Å². The van der Waals surface area contributed by atoms with E-state index in [2.05, 4.69) is 26.9 Å². The Morgan fingerprint density at radius 3 is 2.72 bits per heavy atom. The summed E-state index contributed by atoms with van der Waals surface area (Å²) >= 11 is 0. The van der Waals surface area contributed by atoms with E-state index in [-0.39, 0.29) is 6.79 Å². The minimum Gasteiger partial charge on any atom is -0.454 e. The molecule has 1 fully saturated rings. The smallest absolute Gasteiger partial charge is 0.231 e. The maximum absolute atomic E-state index is 5.50. The van der Waals surface area contributed by atoms with E-state index in [0.29, 0.717) is 0 Å². The number of likely N-dealkylation sites (N-methyl/N-ethyl adjacent to an activating group) is 1. The fraction of sp³-hybridized carbons (Fsp3) is 0.333. The van der Waals surface area contributed by atoms with E-state index in [1.165, 1.54) is 0 Å². The lowest BCUT2D eigenvalue weighted by atomic mass is 10.1. The molecule has 1 saturated heterocycles. The fourth-order valence-electron chi connectivity index (χ4n) is 3.42. The Bertz CT molecular complexity index is 930. The first-order valence-corrected chi connectivity index (χ1v) is 8.46. The van der Waals surface area contributed by atoms with Gasteiger partial charge in [-0.3, -0.25) is 0 Å². The van der Waals surface area contributed by atoms with Crippen molar-refractivity contribution in [2.24, 2.45) is 0 Å². The third kappa shape index (κ3) is 2.39. The Morgan fingerprint density at radius 2 is 1.84 bits per heavy atom. The molecule has 0 unspecified atom stereocenters. The van der Waals surface area contributed by atoms with Gasteiger partial charge in [0, 0.05) is 37.9 Å². The van der Waals surface area contributed by atoms with Crippen LogP contribution in [-0.4, -0.2) is 59.5 Å². The van der Waals surface area contributed by atoms with Gasteiger partial charge in [0.2, 0.25) is 6.79 Å². The predicted molar refractivity (Wildman–Crippen MR) is 94.3 cm³/mol. The van der Waals surface area contributed by atoms with Crippen molar-refractivity contribution >= 4 is 11.5 Å². The highest BCUT2D eigenvalue weighted by Crippen LogP contribution is 2.37. The first-order valence-electron chi connectivity index (χ1n) is 8.46. The van der Waals surface area contributed by atoms with Gasteiger partial charge in [-0.2, -0.15) is 9.61 Å². The maximum atomic E-state index is 5.50. The second-order valence-corrected chi connectivity index (χ2v) is 6.46. The van der Waals surface area contributed by atoms with E-state index in [4.69, 9.17) is 9.47 Å². The molecule has 4 heterocycles. The van der Waals surface area contributed by atoms with Gasteiger partial charge in [-0.15, -0.1) is 0 Å². The van der Waals surface area contributed by atoms with Crippen molar-refractivity contribution in [3.63, 3.8) is 0 Å². The van der Waals surface area contributed by atoms with Crippen molar-refractivity contribution in [3.8, 4) is 22.6 Å². The summed E-state index contributed by atoms with van der Waals surface area (Å²) in [6, 6.07) is 7.98. The minimum atomic E-state index is 0.277. The summed E-state index contributed by atoms with van der Waals surface area (Å²) in [5.41, 5.74) is 2.88. The average molecular weight is 337 g/mol. The molecule has 0 amide bonds. The van der Waals surface area contributed by atoms with Crippen LogP contribution in [0.1, 0.15) is 0 Å². The van der Waals surface area contributed by atoms with Crippen LogP contribution >= 0.6 is 0 Å². The highest BCUT2D eigenvalue weighted by molar-refractivity contribution is 5.79. The van der Waals surface area contributed by atoms with Gasteiger partial charge in [0.15, 0.2) is 17.1 Å². The van der Waals surface area contributed by atoms with Crippen LogP contribution < -0.4 is 14.4 Å². The molecular weight excluding hydrogens is 318 g/mol. The van der Waals surface area contributed by atoms with E-state index in [1.54, 1.807) is 0 Å². The van der Waals surface area contributed by atoms with E-state index >= 15 is 0 Å². The van der Waals surface area contributed by atoms with Crippen LogP contribution in [0.15, 0.2) is 36.7 Å². The zero-order valence-corrected chi connectivity index (χ0v) is 14.1. The largest absolute Gasteiger partial charge is 0.454 e. The number of nitrogens with zero attached hydrogens (tertiary/aromatic N) is 5. The number of benzene rings is 1. The van der Waals surface area contributed by atoms with Crippen LogP contribution in [0.25, 0.3) is 16.8 Å². The zero-order chi connectivity index (χ0) is 16.8. The monoisotopic (exact) mass is 337 g/mol. The second kappa shape index (κ2) is 5.63. The molecule has 2 aliphatic rings. The Labute approximate surface area is 145 Å². The number of hydrogen-bond acceptors (Lipinski definition) is 6. The summed E-state index contributed by atoms with van der Waals surface area (Å²) in [5.74, 6) is 2.64. The number of aromatic nitrogens is 3. The summed E-state index contributed by atoms with van der Waals surface area (Å²) in [6.07, 6.45) is 3.74. The molecule has 0 bridgehead atoms. The molecule has 25 heavy (non-hydrogen) atoms. The number of rotatable bonds is 2. The molecule has 1 aromatic carbocycles. The quantitative estimate of drug-likeness (QED) is 0.712.